The van der Waals surface area contributed by atoms with Crippen LogP contribution in [0.25, 0.3) is 10.8 Å². The number of nitrogens with one attached hydrogen (secondary N) is 1. The predicted molar refractivity (Wildman–Crippen MR) is 88.5 cm³/mol. The first-order valence-electron chi connectivity index (χ1n) is 7.55. The van der Waals surface area contributed by atoms with Crippen LogP contribution in [0.1, 0.15) is 18.0 Å². The largest absolute Gasteiger partial charge is 0.497 e. The van der Waals surface area contributed by atoms with Crippen LogP contribution in [0.3, 0.4) is 0 Å². The Hall–Kier alpha value is -3.09. The molecule has 7 heteroatoms. The van der Waals surface area contributed by atoms with E-state index >= 15 is 0 Å². The molecule has 7 nitrogen and oxygen atoms in total. The summed E-state index contributed by atoms with van der Waals surface area (Å²) in [7, 11) is 3.25. The van der Waals surface area contributed by atoms with E-state index in [1.165, 1.54) is 6.33 Å². The highest BCUT2D eigenvalue weighted by Gasteiger charge is 2.31. The summed E-state index contributed by atoms with van der Waals surface area (Å²) in [6, 6.07) is 9.46. The van der Waals surface area contributed by atoms with Gasteiger partial charge < -0.3 is 9.47 Å². The molecule has 3 aromatic rings. The minimum Gasteiger partial charge on any atom is -0.497 e. The number of anilines is 1. The zero-order valence-corrected chi connectivity index (χ0v) is 13.3. The number of rotatable bonds is 3. The van der Waals surface area contributed by atoms with E-state index in [1.807, 2.05) is 30.3 Å². The first kappa shape index (κ1) is 14.5. The van der Waals surface area contributed by atoms with Gasteiger partial charge in [-0.1, -0.05) is 12.1 Å². The van der Waals surface area contributed by atoms with Crippen LogP contribution in [0.2, 0.25) is 0 Å². The number of ether oxygens (including phenoxy) is 2. The highest BCUT2D eigenvalue weighted by molar-refractivity contribution is 5.94. The van der Waals surface area contributed by atoms with E-state index in [4.69, 9.17) is 9.47 Å². The molecule has 0 spiro atoms. The Morgan fingerprint density at radius 2 is 2.04 bits per heavy atom. The molecule has 1 aliphatic heterocycles. The fraction of sp³-hybridized carbons (Fsp3) is 0.235. The van der Waals surface area contributed by atoms with Gasteiger partial charge in [-0.2, -0.15) is 10.1 Å². The van der Waals surface area contributed by atoms with Crippen molar-refractivity contribution in [2.24, 2.45) is 0 Å². The maximum atomic E-state index is 12.1. The lowest BCUT2D eigenvalue weighted by Gasteiger charge is -2.26. The van der Waals surface area contributed by atoms with Gasteiger partial charge in [-0.05, 0) is 29.0 Å². The molecule has 0 aliphatic carbocycles. The maximum absolute atomic E-state index is 12.1. The van der Waals surface area contributed by atoms with Gasteiger partial charge in [0, 0.05) is 5.56 Å². The fourth-order valence-electron chi connectivity index (χ4n) is 3.18. The summed E-state index contributed by atoms with van der Waals surface area (Å²) in [6.45, 7) is 0. The summed E-state index contributed by atoms with van der Waals surface area (Å²) in [5.74, 6) is 1.80. The smallest absolute Gasteiger partial charge is 0.229 e. The monoisotopic (exact) mass is 324 g/mol. The SMILES string of the molecule is COc1ccc2ccc(OC)c([C@@H]3CC(=O)Nc4ncnn43)c2c1. The second-order valence-electron chi connectivity index (χ2n) is 5.56. The van der Waals surface area contributed by atoms with E-state index in [9.17, 15) is 4.79 Å². The average molecular weight is 324 g/mol. The Labute approximate surface area is 138 Å². The number of aromatic nitrogens is 3. The predicted octanol–water partition coefficient (Wildman–Crippen LogP) is 2.38. The standard InChI is InChI=1S/C17H16N4O3/c1-23-11-5-3-10-4-6-14(24-2)16(12(10)7-11)13-8-15(22)20-17-18-9-19-21(13)17/h3-7,9,13H,8H2,1-2H3,(H,18,19,20,22)/t13-/m0/s1. The topological polar surface area (TPSA) is 78.3 Å². The Kier molecular flexibility index (Phi) is 3.34. The molecule has 1 N–H and O–H groups in total. The molecule has 1 aromatic heterocycles. The van der Waals surface area contributed by atoms with Gasteiger partial charge in [0.15, 0.2) is 0 Å². The fourth-order valence-corrected chi connectivity index (χ4v) is 3.18. The van der Waals surface area contributed by atoms with E-state index in [0.29, 0.717) is 11.7 Å². The van der Waals surface area contributed by atoms with Crippen LogP contribution in [0.4, 0.5) is 5.95 Å². The first-order valence-corrected chi connectivity index (χ1v) is 7.55. The zero-order valence-electron chi connectivity index (χ0n) is 13.3. The second kappa shape index (κ2) is 5.52. The van der Waals surface area contributed by atoms with E-state index in [-0.39, 0.29) is 18.4 Å². The highest BCUT2D eigenvalue weighted by Crippen LogP contribution is 2.40. The highest BCUT2D eigenvalue weighted by atomic mass is 16.5. The summed E-state index contributed by atoms with van der Waals surface area (Å²) >= 11 is 0. The molecule has 1 amide bonds. The minimum absolute atomic E-state index is 0.0950. The van der Waals surface area contributed by atoms with Crippen LogP contribution < -0.4 is 14.8 Å². The molecule has 0 bridgehead atoms. The first-order chi connectivity index (χ1) is 11.7. The van der Waals surface area contributed by atoms with E-state index in [2.05, 4.69) is 15.4 Å². The molecule has 0 fully saturated rings. The number of carbonyl (C=O) groups excluding carboxylic acids is 1. The maximum Gasteiger partial charge on any atom is 0.229 e. The van der Waals surface area contributed by atoms with Crippen LogP contribution in [0.5, 0.6) is 11.5 Å². The van der Waals surface area contributed by atoms with Crippen molar-refractivity contribution >= 4 is 22.6 Å². The van der Waals surface area contributed by atoms with Crippen molar-refractivity contribution in [2.45, 2.75) is 12.5 Å². The molecule has 0 saturated heterocycles. The van der Waals surface area contributed by atoms with Gasteiger partial charge in [0.05, 0.1) is 26.7 Å². The van der Waals surface area contributed by atoms with Crippen molar-refractivity contribution < 1.29 is 14.3 Å². The average Bonchev–Trinajstić information content (AvgIpc) is 3.07. The number of fused-ring (bicyclic) bond motifs is 2. The van der Waals surface area contributed by atoms with Crippen LogP contribution in [-0.2, 0) is 4.79 Å². The van der Waals surface area contributed by atoms with Gasteiger partial charge in [0.25, 0.3) is 0 Å². The van der Waals surface area contributed by atoms with Crippen molar-refractivity contribution in [3.63, 3.8) is 0 Å². The number of methoxy groups -OCH3 is 2. The van der Waals surface area contributed by atoms with Gasteiger partial charge in [-0.15, -0.1) is 0 Å². The molecular weight excluding hydrogens is 308 g/mol. The lowest BCUT2D eigenvalue weighted by atomic mass is 9.94. The molecule has 0 unspecified atom stereocenters. The number of nitrogens with zero attached hydrogens (tertiary/aromatic N) is 3. The molecular formula is C17H16N4O3. The lowest BCUT2D eigenvalue weighted by molar-refractivity contribution is -0.117. The summed E-state index contributed by atoms with van der Waals surface area (Å²) in [6.07, 6.45) is 1.70. The molecule has 1 aliphatic rings. The second-order valence-corrected chi connectivity index (χ2v) is 5.56. The van der Waals surface area contributed by atoms with Crippen molar-refractivity contribution in [1.82, 2.24) is 14.8 Å². The van der Waals surface area contributed by atoms with E-state index < -0.39 is 0 Å². The Morgan fingerprint density at radius 1 is 1.21 bits per heavy atom. The minimum atomic E-state index is -0.290. The third kappa shape index (κ3) is 2.17. The molecule has 2 heterocycles. The van der Waals surface area contributed by atoms with Crippen molar-refractivity contribution in [3.8, 4) is 11.5 Å². The van der Waals surface area contributed by atoms with Gasteiger partial charge in [-0.25, -0.2) is 4.68 Å². The Balaban J connectivity index is 2.00. The zero-order chi connectivity index (χ0) is 16.7. The number of carbonyl (C=O) groups is 1. The van der Waals surface area contributed by atoms with Gasteiger partial charge >= 0.3 is 0 Å². The van der Waals surface area contributed by atoms with Crippen LogP contribution >= 0.6 is 0 Å². The number of hydrogen-bond donors (Lipinski definition) is 1. The Morgan fingerprint density at radius 3 is 2.83 bits per heavy atom. The summed E-state index contributed by atoms with van der Waals surface area (Å²) in [5.41, 5.74) is 0.899. The van der Waals surface area contributed by atoms with E-state index in [0.717, 1.165) is 22.1 Å². The number of amides is 1. The van der Waals surface area contributed by atoms with Crippen molar-refractivity contribution in [2.75, 3.05) is 19.5 Å². The molecule has 0 saturated carbocycles. The van der Waals surface area contributed by atoms with Crippen molar-refractivity contribution in [1.29, 1.82) is 0 Å². The quantitative estimate of drug-likeness (QED) is 0.800. The van der Waals surface area contributed by atoms with Gasteiger partial charge in [0.2, 0.25) is 11.9 Å². The molecule has 4 rings (SSSR count). The molecule has 1 atom stereocenters. The van der Waals surface area contributed by atoms with Crippen molar-refractivity contribution in [3.05, 3.63) is 42.2 Å². The summed E-state index contributed by atoms with van der Waals surface area (Å²) in [4.78, 5) is 16.2. The molecule has 0 radical (unpaired) electrons. The van der Waals surface area contributed by atoms with Crippen LogP contribution in [-0.4, -0.2) is 34.9 Å². The van der Waals surface area contributed by atoms with Crippen LogP contribution in [0, 0.1) is 0 Å². The number of hydrogen-bond acceptors (Lipinski definition) is 5. The Bertz CT molecular complexity index is 929. The normalized spacial score (nSPS) is 16.6. The van der Waals surface area contributed by atoms with E-state index in [1.54, 1.807) is 18.9 Å². The summed E-state index contributed by atoms with van der Waals surface area (Å²) < 4.78 is 12.7. The molecule has 24 heavy (non-hydrogen) atoms. The van der Waals surface area contributed by atoms with Gasteiger partial charge in [-0.3, -0.25) is 10.1 Å². The third-order valence-electron chi connectivity index (χ3n) is 4.28. The van der Waals surface area contributed by atoms with Gasteiger partial charge in [0.1, 0.15) is 17.8 Å². The number of benzene rings is 2. The van der Waals surface area contributed by atoms with Crippen LogP contribution in [0.15, 0.2) is 36.7 Å². The molecule has 122 valence electrons. The summed E-state index contributed by atoms with van der Waals surface area (Å²) in [5, 5.41) is 9.02. The molecule has 2 aromatic carbocycles. The third-order valence-corrected chi connectivity index (χ3v) is 4.28. The lowest BCUT2D eigenvalue weighted by Crippen LogP contribution is -2.29.